The zero-order valence-electron chi connectivity index (χ0n) is 7.53. The van der Waals surface area contributed by atoms with Crippen molar-refractivity contribution in [1.29, 1.82) is 0 Å². The predicted octanol–water partition coefficient (Wildman–Crippen LogP) is 3.04. The van der Waals surface area contributed by atoms with E-state index in [2.05, 4.69) is 4.99 Å². The first-order valence-electron chi connectivity index (χ1n) is 4.70. The second-order valence-electron chi connectivity index (χ2n) is 3.40. The van der Waals surface area contributed by atoms with Gasteiger partial charge in [-0.1, -0.05) is 6.07 Å². The van der Waals surface area contributed by atoms with Gasteiger partial charge in [-0.25, -0.2) is 0 Å². The summed E-state index contributed by atoms with van der Waals surface area (Å²) in [6.07, 6.45) is 4.76. The summed E-state index contributed by atoms with van der Waals surface area (Å²) in [7, 11) is 0. The van der Waals surface area contributed by atoms with Crippen molar-refractivity contribution in [1.82, 2.24) is 0 Å². The Morgan fingerprint density at radius 3 is 2.62 bits per heavy atom. The average molecular weight is 175 g/mol. The van der Waals surface area contributed by atoms with Crippen LogP contribution in [-0.4, -0.2) is 10.8 Å². The summed E-state index contributed by atoms with van der Waals surface area (Å²) in [5.41, 5.74) is 2.14. The van der Waals surface area contributed by atoms with Crippen molar-refractivity contribution in [2.24, 2.45) is 4.99 Å². The van der Waals surface area contributed by atoms with Gasteiger partial charge in [-0.2, -0.15) is 0 Å². The van der Waals surface area contributed by atoms with Crippen LogP contribution in [0.3, 0.4) is 0 Å². The molecule has 1 aromatic rings. The highest BCUT2D eigenvalue weighted by Gasteiger charge is 2.07. The van der Waals surface area contributed by atoms with Crippen molar-refractivity contribution in [3.8, 4) is 5.75 Å². The maximum atomic E-state index is 9.22. The van der Waals surface area contributed by atoms with Gasteiger partial charge in [0.1, 0.15) is 5.75 Å². The van der Waals surface area contributed by atoms with E-state index in [1.807, 2.05) is 12.1 Å². The van der Waals surface area contributed by atoms with Crippen molar-refractivity contribution in [3.05, 3.63) is 24.3 Å². The molecule has 0 unspecified atom stereocenters. The summed E-state index contributed by atoms with van der Waals surface area (Å²) in [4.78, 5) is 4.48. The lowest BCUT2D eigenvalue weighted by atomic mass is 10.3. The minimum Gasteiger partial charge on any atom is -0.508 e. The molecule has 2 heteroatoms. The van der Waals surface area contributed by atoms with Crippen LogP contribution < -0.4 is 0 Å². The fraction of sp³-hybridized carbons (Fsp3) is 0.364. The first kappa shape index (κ1) is 8.30. The number of phenols is 1. The zero-order chi connectivity index (χ0) is 9.10. The molecule has 1 saturated carbocycles. The molecule has 1 fully saturated rings. The lowest BCUT2D eigenvalue weighted by Crippen LogP contribution is -1.85. The number of nitrogens with zero attached hydrogens (tertiary/aromatic N) is 1. The van der Waals surface area contributed by atoms with Crippen LogP contribution in [0.2, 0.25) is 0 Å². The van der Waals surface area contributed by atoms with Gasteiger partial charge in [0.05, 0.1) is 5.69 Å². The molecule has 2 rings (SSSR count). The summed E-state index contributed by atoms with van der Waals surface area (Å²) in [6, 6.07) is 7.11. The maximum Gasteiger partial charge on any atom is 0.117 e. The molecule has 0 atom stereocenters. The molecule has 0 aliphatic heterocycles. The monoisotopic (exact) mass is 175 g/mol. The van der Waals surface area contributed by atoms with Crippen molar-refractivity contribution < 1.29 is 5.11 Å². The van der Waals surface area contributed by atoms with E-state index in [0.29, 0.717) is 5.75 Å². The van der Waals surface area contributed by atoms with Crippen LogP contribution in [0.25, 0.3) is 0 Å². The average Bonchev–Trinajstić information content (AvgIpc) is 2.57. The number of rotatable bonds is 1. The summed E-state index contributed by atoms with van der Waals surface area (Å²) in [5, 5.41) is 9.22. The second kappa shape index (κ2) is 3.60. The van der Waals surface area contributed by atoms with Crippen molar-refractivity contribution in [2.75, 3.05) is 0 Å². The largest absolute Gasteiger partial charge is 0.508 e. The fourth-order valence-electron chi connectivity index (χ4n) is 1.64. The van der Waals surface area contributed by atoms with E-state index in [0.717, 1.165) is 18.5 Å². The van der Waals surface area contributed by atoms with Crippen LogP contribution in [0.4, 0.5) is 5.69 Å². The molecule has 0 spiro atoms. The van der Waals surface area contributed by atoms with E-state index in [4.69, 9.17) is 0 Å². The van der Waals surface area contributed by atoms with E-state index in [-0.39, 0.29) is 0 Å². The summed E-state index contributed by atoms with van der Waals surface area (Å²) in [6.45, 7) is 0. The molecule has 0 amide bonds. The molecule has 0 aromatic heterocycles. The van der Waals surface area contributed by atoms with Crippen molar-refractivity contribution in [3.63, 3.8) is 0 Å². The number of benzene rings is 1. The Labute approximate surface area is 77.9 Å². The van der Waals surface area contributed by atoms with Gasteiger partial charge in [0.25, 0.3) is 0 Å². The number of phenolic OH excluding ortho intramolecular Hbond substituents is 1. The molecule has 0 saturated heterocycles. The van der Waals surface area contributed by atoms with Crippen LogP contribution in [0.5, 0.6) is 5.75 Å². The van der Waals surface area contributed by atoms with Gasteiger partial charge in [0.15, 0.2) is 0 Å². The molecule has 1 N–H and O–H groups in total. The zero-order valence-corrected chi connectivity index (χ0v) is 7.53. The number of hydrogen-bond acceptors (Lipinski definition) is 2. The minimum atomic E-state index is 0.292. The quantitative estimate of drug-likeness (QED) is 0.699. The topological polar surface area (TPSA) is 32.6 Å². The maximum absolute atomic E-state index is 9.22. The third-order valence-corrected chi connectivity index (χ3v) is 2.30. The van der Waals surface area contributed by atoms with Gasteiger partial charge >= 0.3 is 0 Å². The van der Waals surface area contributed by atoms with E-state index in [1.54, 1.807) is 12.1 Å². The summed E-state index contributed by atoms with van der Waals surface area (Å²) >= 11 is 0. The van der Waals surface area contributed by atoms with E-state index in [9.17, 15) is 5.11 Å². The highest BCUT2D eigenvalue weighted by molar-refractivity contribution is 5.88. The molecule has 1 aliphatic rings. The van der Waals surface area contributed by atoms with E-state index >= 15 is 0 Å². The smallest absolute Gasteiger partial charge is 0.117 e. The summed E-state index contributed by atoms with van der Waals surface area (Å²) < 4.78 is 0. The van der Waals surface area contributed by atoms with Gasteiger partial charge in [0, 0.05) is 11.8 Å². The first-order chi connectivity index (χ1) is 6.34. The van der Waals surface area contributed by atoms with Gasteiger partial charge in [0.2, 0.25) is 0 Å². The Hall–Kier alpha value is -1.31. The summed E-state index contributed by atoms with van der Waals surface area (Å²) in [5.74, 6) is 0.292. The number of hydrogen-bond donors (Lipinski definition) is 1. The van der Waals surface area contributed by atoms with Crippen LogP contribution in [0.15, 0.2) is 29.3 Å². The molecule has 2 nitrogen and oxygen atoms in total. The number of aromatic hydroxyl groups is 1. The van der Waals surface area contributed by atoms with Gasteiger partial charge in [-0.05, 0) is 37.8 Å². The Morgan fingerprint density at radius 1 is 1.15 bits per heavy atom. The van der Waals surface area contributed by atoms with Crippen molar-refractivity contribution >= 4 is 11.4 Å². The van der Waals surface area contributed by atoms with Crippen LogP contribution in [0.1, 0.15) is 25.7 Å². The van der Waals surface area contributed by atoms with Crippen molar-refractivity contribution in [2.45, 2.75) is 25.7 Å². The van der Waals surface area contributed by atoms with Gasteiger partial charge in [-0.15, -0.1) is 0 Å². The third-order valence-electron chi connectivity index (χ3n) is 2.30. The molecular weight excluding hydrogens is 162 g/mol. The Kier molecular flexibility index (Phi) is 2.30. The Morgan fingerprint density at radius 2 is 1.92 bits per heavy atom. The predicted molar refractivity (Wildman–Crippen MR) is 53.7 cm³/mol. The Bertz CT molecular complexity index is 323. The molecular formula is C11H13NO. The Balaban J connectivity index is 2.21. The van der Waals surface area contributed by atoms with Crippen LogP contribution in [0, 0.1) is 0 Å². The normalized spacial score (nSPS) is 16.2. The second-order valence-corrected chi connectivity index (χ2v) is 3.40. The van der Waals surface area contributed by atoms with Crippen LogP contribution in [-0.2, 0) is 0 Å². The SMILES string of the molecule is Oc1cccc(N=C2CCCC2)c1. The van der Waals surface area contributed by atoms with Crippen LogP contribution >= 0.6 is 0 Å². The first-order valence-corrected chi connectivity index (χ1v) is 4.70. The molecule has 13 heavy (non-hydrogen) atoms. The third kappa shape index (κ3) is 2.08. The number of aliphatic imine (C=N–C) groups is 1. The standard InChI is InChI=1S/C11H13NO/c13-11-7-3-6-10(8-11)12-9-4-1-2-5-9/h3,6-8,13H,1-2,4-5H2. The molecule has 68 valence electrons. The van der Waals surface area contributed by atoms with Gasteiger partial charge in [-0.3, -0.25) is 4.99 Å². The van der Waals surface area contributed by atoms with Gasteiger partial charge < -0.3 is 5.11 Å². The van der Waals surface area contributed by atoms with E-state index < -0.39 is 0 Å². The lowest BCUT2D eigenvalue weighted by molar-refractivity contribution is 0.475. The molecule has 0 radical (unpaired) electrons. The highest BCUT2D eigenvalue weighted by atomic mass is 16.3. The highest BCUT2D eigenvalue weighted by Crippen LogP contribution is 2.22. The lowest BCUT2D eigenvalue weighted by Gasteiger charge is -1.97. The molecule has 1 aliphatic carbocycles. The fourth-order valence-corrected chi connectivity index (χ4v) is 1.64. The molecule has 0 heterocycles. The minimum absolute atomic E-state index is 0.292. The molecule has 0 bridgehead atoms. The molecule has 1 aromatic carbocycles. The van der Waals surface area contributed by atoms with E-state index in [1.165, 1.54) is 18.6 Å².